The van der Waals surface area contributed by atoms with E-state index in [4.69, 9.17) is 16.1 Å². The Labute approximate surface area is 144 Å². The number of anilines is 1. The van der Waals surface area contributed by atoms with Crippen LogP contribution in [0.4, 0.5) is 5.69 Å². The molecule has 1 aromatic heterocycles. The molecule has 1 aromatic carbocycles. The molecule has 1 N–H and O–H groups in total. The molecule has 126 valence electrons. The van der Waals surface area contributed by atoms with Gasteiger partial charge in [0.1, 0.15) is 11.8 Å². The molecule has 0 saturated carbocycles. The molecule has 2 heterocycles. The molecule has 0 radical (unpaired) electrons. The van der Waals surface area contributed by atoms with E-state index in [9.17, 15) is 9.59 Å². The van der Waals surface area contributed by atoms with Crippen molar-refractivity contribution in [3.63, 3.8) is 0 Å². The summed E-state index contributed by atoms with van der Waals surface area (Å²) in [6.45, 7) is 2.35. The first-order valence-electron chi connectivity index (χ1n) is 7.81. The number of rotatable bonds is 4. The maximum atomic E-state index is 12.5. The molecule has 2 aromatic rings. The second-order valence-corrected chi connectivity index (χ2v) is 6.28. The molecular formula is C17H18ClN3O3. The van der Waals surface area contributed by atoms with E-state index in [-0.39, 0.29) is 18.2 Å². The van der Waals surface area contributed by atoms with E-state index in [1.807, 2.05) is 0 Å². The number of likely N-dealkylation sites (tertiary alicyclic amines) is 1. The highest BCUT2D eigenvalue weighted by Crippen LogP contribution is 2.21. The highest BCUT2D eigenvalue weighted by molar-refractivity contribution is 6.30. The summed E-state index contributed by atoms with van der Waals surface area (Å²) in [4.78, 5) is 26.6. The van der Waals surface area contributed by atoms with E-state index in [1.54, 1.807) is 42.2 Å². The van der Waals surface area contributed by atoms with Crippen LogP contribution < -0.4 is 5.32 Å². The largest absolute Gasteiger partial charge is 0.361 e. The number of hydrogen-bond donors (Lipinski definition) is 1. The molecule has 6 nitrogen and oxygen atoms in total. The third-order valence-corrected chi connectivity index (χ3v) is 4.25. The van der Waals surface area contributed by atoms with Gasteiger partial charge in [-0.3, -0.25) is 9.59 Å². The van der Waals surface area contributed by atoms with Crippen LogP contribution in [0, 0.1) is 6.92 Å². The normalized spacial score (nSPS) is 17.1. The summed E-state index contributed by atoms with van der Waals surface area (Å²) in [6, 6.07) is 8.17. The standard InChI is InChI=1S/C17H18ClN3O3/c1-11-9-14(20-24-11)10-16(22)21-8-2-3-15(21)17(23)19-13-6-4-12(18)5-7-13/h4-7,9,15H,2-3,8,10H2,1H3,(H,19,23). The van der Waals surface area contributed by atoms with Crippen molar-refractivity contribution in [2.45, 2.75) is 32.2 Å². The maximum absolute atomic E-state index is 12.5. The molecule has 7 heteroatoms. The first-order chi connectivity index (χ1) is 11.5. The van der Waals surface area contributed by atoms with Crippen LogP contribution in [0.2, 0.25) is 5.02 Å². The van der Waals surface area contributed by atoms with Crippen LogP contribution in [0.5, 0.6) is 0 Å². The van der Waals surface area contributed by atoms with E-state index in [0.717, 1.165) is 6.42 Å². The molecule has 1 atom stereocenters. The Kier molecular flexibility index (Phi) is 4.85. The Bertz CT molecular complexity index is 742. The fourth-order valence-corrected chi connectivity index (χ4v) is 2.98. The smallest absolute Gasteiger partial charge is 0.247 e. The van der Waals surface area contributed by atoms with Crippen LogP contribution in [0.1, 0.15) is 24.3 Å². The summed E-state index contributed by atoms with van der Waals surface area (Å²) in [5.41, 5.74) is 1.25. The van der Waals surface area contributed by atoms with Gasteiger partial charge in [0, 0.05) is 23.3 Å². The van der Waals surface area contributed by atoms with E-state index < -0.39 is 6.04 Å². The quantitative estimate of drug-likeness (QED) is 0.922. The minimum Gasteiger partial charge on any atom is -0.361 e. The molecule has 1 unspecified atom stereocenters. The van der Waals surface area contributed by atoms with Crippen molar-refractivity contribution in [2.75, 3.05) is 11.9 Å². The van der Waals surface area contributed by atoms with Gasteiger partial charge in [0.25, 0.3) is 0 Å². The van der Waals surface area contributed by atoms with Crippen molar-refractivity contribution in [3.8, 4) is 0 Å². The van der Waals surface area contributed by atoms with Gasteiger partial charge in [0.15, 0.2) is 0 Å². The average molecular weight is 348 g/mol. The van der Waals surface area contributed by atoms with Gasteiger partial charge < -0.3 is 14.7 Å². The van der Waals surface area contributed by atoms with Crippen molar-refractivity contribution >= 4 is 29.1 Å². The van der Waals surface area contributed by atoms with Crippen LogP contribution in [0.25, 0.3) is 0 Å². The Morgan fingerprint density at radius 1 is 1.38 bits per heavy atom. The number of nitrogens with zero attached hydrogens (tertiary/aromatic N) is 2. The van der Waals surface area contributed by atoms with Gasteiger partial charge in [-0.25, -0.2) is 0 Å². The summed E-state index contributed by atoms with van der Waals surface area (Å²) in [5, 5.41) is 7.28. The van der Waals surface area contributed by atoms with Crippen molar-refractivity contribution in [2.24, 2.45) is 0 Å². The molecule has 0 aliphatic carbocycles. The summed E-state index contributed by atoms with van der Waals surface area (Å²) in [5.74, 6) is 0.368. The second kappa shape index (κ2) is 7.05. The zero-order valence-corrected chi connectivity index (χ0v) is 14.0. The number of aromatic nitrogens is 1. The van der Waals surface area contributed by atoms with Crippen molar-refractivity contribution in [1.82, 2.24) is 10.1 Å². The minimum atomic E-state index is -0.457. The molecule has 1 aliphatic heterocycles. The summed E-state index contributed by atoms with van der Waals surface area (Å²) < 4.78 is 4.98. The third-order valence-electron chi connectivity index (χ3n) is 4.00. The Hall–Kier alpha value is -2.34. The van der Waals surface area contributed by atoms with Gasteiger partial charge in [0.05, 0.1) is 12.1 Å². The number of hydrogen-bond acceptors (Lipinski definition) is 4. The van der Waals surface area contributed by atoms with Gasteiger partial charge in [-0.1, -0.05) is 16.8 Å². The van der Waals surface area contributed by atoms with Crippen molar-refractivity contribution in [1.29, 1.82) is 0 Å². The lowest BCUT2D eigenvalue weighted by Gasteiger charge is -2.23. The Morgan fingerprint density at radius 2 is 2.12 bits per heavy atom. The zero-order valence-electron chi connectivity index (χ0n) is 13.3. The topological polar surface area (TPSA) is 75.4 Å². The highest BCUT2D eigenvalue weighted by atomic mass is 35.5. The van der Waals surface area contributed by atoms with Gasteiger partial charge in [-0.15, -0.1) is 0 Å². The van der Waals surface area contributed by atoms with Gasteiger partial charge in [-0.05, 0) is 44.0 Å². The highest BCUT2D eigenvalue weighted by Gasteiger charge is 2.34. The van der Waals surface area contributed by atoms with Crippen LogP contribution >= 0.6 is 11.6 Å². The summed E-state index contributed by atoms with van der Waals surface area (Å²) in [7, 11) is 0. The van der Waals surface area contributed by atoms with Crippen molar-refractivity contribution in [3.05, 3.63) is 46.8 Å². The van der Waals surface area contributed by atoms with Gasteiger partial charge in [0.2, 0.25) is 11.8 Å². The first-order valence-corrected chi connectivity index (χ1v) is 8.19. The zero-order chi connectivity index (χ0) is 17.1. The molecule has 3 rings (SSSR count). The number of nitrogens with one attached hydrogen (secondary N) is 1. The Balaban J connectivity index is 1.64. The van der Waals surface area contributed by atoms with Crippen LogP contribution in [-0.4, -0.2) is 34.5 Å². The average Bonchev–Trinajstić information content (AvgIpc) is 3.18. The summed E-state index contributed by atoms with van der Waals surface area (Å²) >= 11 is 5.84. The number of carbonyl (C=O) groups excluding carboxylic acids is 2. The number of carbonyl (C=O) groups is 2. The lowest BCUT2D eigenvalue weighted by Crippen LogP contribution is -2.43. The fourth-order valence-electron chi connectivity index (χ4n) is 2.85. The van der Waals surface area contributed by atoms with Gasteiger partial charge in [-0.2, -0.15) is 0 Å². The molecule has 24 heavy (non-hydrogen) atoms. The molecule has 0 spiro atoms. The van der Waals surface area contributed by atoms with Crippen molar-refractivity contribution < 1.29 is 14.1 Å². The lowest BCUT2D eigenvalue weighted by atomic mass is 10.2. The predicted octanol–water partition coefficient (Wildman–Crippen LogP) is 2.81. The first kappa shape index (κ1) is 16.5. The molecule has 0 bridgehead atoms. The molecular weight excluding hydrogens is 330 g/mol. The monoisotopic (exact) mass is 347 g/mol. The Morgan fingerprint density at radius 3 is 2.79 bits per heavy atom. The van der Waals surface area contributed by atoms with Gasteiger partial charge >= 0.3 is 0 Å². The molecule has 2 amide bonds. The third kappa shape index (κ3) is 3.76. The summed E-state index contributed by atoms with van der Waals surface area (Å²) in [6.07, 6.45) is 1.60. The predicted molar refractivity (Wildman–Crippen MR) is 89.8 cm³/mol. The molecule has 1 saturated heterocycles. The van der Waals surface area contributed by atoms with E-state index >= 15 is 0 Å². The maximum Gasteiger partial charge on any atom is 0.247 e. The van der Waals surface area contributed by atoms with E-state index in [1.165, 1.54) is 0 Å². The number of benzene rings is 1. The molecule has 1 aliphatic rings. The van der Waals surface area contributed by atoms with E-state index in [0.29, 0.717) is 35.1 Å². The van der Waals surface area contributed by atoms with Crippen LogP contribution in [-0.2, 0) is 16.0 Å². The lowest BCUT2D eigenvalue weighted by molar-refractivity contribution is -0.136. The number of aryl methyl sites for hydroxylation is 1. The van der Waals surface area contributed by atoms with E-state index in [2.05, 4.69) is 10.5 Å². The van der Waals surface area contributed by atoms with Crippen LogP contribution in [0.15, 0.2) is 34.9 Å². The van der Waals surface area contributed by atoms with Crippen LogP contribution in [0.3, 0.4) is 0 Å². The SMILES string of the molecule is Cc1cc(CC(=O)N2CCCC2C(=O)Nc2ccc(Cl)cc2)no1. The fraction of sp³-hybridized carbons (Fsp3) is 0.353. The minimum absolute atomic E-state index is 0.114. The number of halogens is 1. The number of amides is 2. The molecule has 1 fully saturated rings. The second-order valence-electron chi connectivity index (χ2n) is 5.85.